The van der Waals surface area contributed by atoms with E-state index < -0.39 is 29.7 Å². The molecule has 0 radical (unpaired) electrons. The molecule has 1 aromatic carbocycles. The molecule has 4 rings (SSSR count). The number of benzene rings is 1. The van der Waals surface area contributed by atoms with E-state index >= 15 is 0 Å². The molecule has 3 N–H and O–H groups in total. The minimum atomic E-state index is -1.05. The molecule has 3 heterocycles. The molecule has 10 nitrogen and oxygen atoms in total. The zero-order chi connectivity index (χ0) is 21.4. The maximum absolute atomic E-state index is 13.0. The number of carbonyl (C=O) groups is 5. The lowest BCUT2D eigenvalue weighted by atomic mass is 10.0. The molecule has 0 aliphatic carbocycles. The molecule has 10 heteroatoms. The van der Waals surface area contributed by atoms with Crippen LogP contribution in [0.3, 0.4) is 0 Å². The van der Waals surface area contributed by atoms with Gasteiger partial charge in [-0.05, 0) is 31.4 Å². The van der Waals surface area contributed by atoms with Crippen LogP contribution in [0.5, 0.6) is 5.75 Å². The van der Waals surface area contributed by atoms with E-state index in [4.69, 9.17) is 10.5 Å². The summed E-state index contributed by atoms with van der Waals surface area (Å²) in [4.78, 5) is 64.3. The molecule has 0 saturated carbocycles. The van der Waals surface area contributed by atoms with Gasteiger partial charge in [0.05, 0.1) is 11.1 Å². The molecule has 1 aromatic rings. The van der Waals surface area contributed by atoms with Gasteiger partial charge in [0.15, 0.2) is 6.61 Å². The number of hydrogen-bond donors (Lipinski definition) is 2. The fourth-order valence-electron chi connectivity index (χ4n) is 3.98. The molecule has 3 aliphatic heterocycles. The highest BCUT2D eigenvalue weighted by Crippen LogP contribution is 2.33. The lowest BCUT2D eigenvalue weighted by Gasteiger charge is -2.30. The molecule has 1 unspecified atom stereocenters. The van der Waals surface area contributed by atoms with Crippen LogP contribution in [-0.2, 0) is 14.4 Å². The predicted molar refractivity (Wildman–Crippen MR) is 102 cm³/mol. The van der Waals surface area contributed by atoms with Gasteiger partial charge in [-0.1, -0.05) is 6.07 Å². The number of fused-ring (bicyclic) bond motifs is 1. The third-order valence-corrected chi connectivity index (χ3v) is 5.67. The Kier molecular flexibility index (Phi) is 5.25. The summed E-state index contributed by atoms with van der Waals surface area (Å²) in [6, 6.07) is 3.58. The Balaban J connectivity index is 1.50. The van der Waals surface area contributed by atoms with Crippen molar-refractivity contribution >= 4 is 29.5 Å². The number of hydrogen-bond acceptors (Lipinski definition) is 7. The van der Waals surface area contributed by atoms with E-state index in [1.165, 1.54) is 12.1 Å². The fourth-order valence-corrected chi connectivity index (χ4v) is 3.98. The van der Waals surface area contributed by atoms with Crippen molar-refractivity contribution in [2.45, 2.75) is 37.8 Å². The van der Waals surface area contributed by atoms with E-state index in [1.807, 2.05) is 0 Å². The van der Waals surface area contributed by atoms with Crippen LogP contribution in [0.25, 0.3) is 0 Å². The van der Waals surface area contributed by atoms with E-state index in [0.29, 0.717) is 13.1 Å². The fraction of sp³-hybridized carbons (Fsp3) is 0.450. The highest BCUT2D eigenvalue weighted by molar-refractivity contribution is 6.24. The van der Waals surface area contributed by atoms with Crippen molar-refractivity contribution in [3.8, 4) is 5.75 Å². The van der Waals surface area contributed by atoms with Gasteiger partial charge in [0.1, 0.15) is 11.8 Å². The number of carbonyl (C=O) groups excluding carboxylic acids is 5. The zero-order valence-corrected chi connectivity index (χ0v) is 16.3. The summed E-state index contributed by atoms with van der Waals surface area (Å²) in [6.07, 6.45) is 1.56. The van der Waals surface area contributed by atoms with Crippen LogP contribution in [0.15, 0.2) is 18.2 Å². The second-order valence-electron chi connectivity index (χ2n) is 7.63. The molecule has 30 heavy (non-hydrogen) atoms. The first-order chi connectivity index (χ1) is 14.4. The van der Waals surface area contributed by atoms with Gasteiger partial charge in [0, 0.05) is 25.6 Å². The summed E-state index contributed by atoms with van der Waals surface area (Å²) in [7, 11) is 0. The summed E-state index contributed by atoms with van der Waals surface area (Å²) in [5.41, 5.74) is 5.99. The van der Waals surface area contributed by atoms with Gasteiger partial charge in [0.25, 0.3) is 17.7 Å². The monoisotopic (exact) mass is 414 g/mol. The third-order valence-electron chi connectivity index (χ3n) is 5.67. The van der Waals surface area contributed by atoms with E-state index in [2.05, 4.69) is 5.32 Å². The number of nitrogens with zero attached hydrogens (tertiary/aromatic N) is 2. The summed E-state index contributed by atoms with van der Waals surface area (Å²) in [6.45, 7) is 0.833. The normalized spacial score (nSPS) is 22.2. The second kappa shape index (κ2) is 7.86. The van der Waals surface area contributed by atoms with Crippen molar-refractivity contribution in [1.29, 1.82) is 0 Å². The van der Waals surface area contributed by atoms with Crippen LogP contribution in [0.4, 0.5) is 0 Å². The second-order valence-corrected chi connectivity index (χ2v) is 7.63. The van der Waals surface area contributed by atoms with Gasteiger partial charge in [-0.2, -0.15) is 0 Å². The number of nitrogens with one attached hydrogen (secondary N) is 1. The minimum Gasteiger partial charge on any atom is -0.483 e. The van der Waals surface area contributed by atoms with Gasteiger partial charge < -0.3 is 15.4 Å². The van der Waals surface area contributed by atoms with Crippen molar-refractivity contribution in [1.82, 2.24) is 15.1 Å². The predicted octanol–water partition coefficient (Wildman–Crippen LogP) is -0.584. The highest BCUT2D eigenvalue weighted by Gasteiger charge is 2.46. The smallest absolute Gasteiger partial charge is 0.266 e. The van der Waals surface area contributed by atoms with Gasteiger partial charge in [-0.15, -0.1) is 0 Å². The minimum absolute atomic E-state index is 0.0284. The number of likely N-dealkylation sites (tertiary alicyclic amines) is 1. The number of imide groups is 2. The molecule has 2 fully saturated rings. The molecule has 0 aromatic heterocycles. The quantitative estimate of drug-likeness (QED) is 0.628. The van der Waals surface area contributed by atoms with Crippen LogP contribution in [0.1, 0.15) is 46.4 Å². The first kappa shape index (κ1) is 20.0. The molecule has 5 amide bonds. The molecule has 3 aliphatic rings. The van der Waals surface area contributed by atoms with Crippen LogP contribution < -0.4 is 15.8 Å². The molecular formula is C20H22N4O6. The topological polar surface area (TPSA) is 139 Å². The Morgan fingerprint density at radius 2 is 1.83 bits per heavy atom. The lowest BCUT2D eigenvalue weighted by Crippen LogP contribution is -2.54. The summed E-state index contributed by atoms with van der Waals surface area (Å²) >= 11 is 0. The maximum Gasteiger partial charge on any atom is 0.266 e. The van der Waals surface area contributed by atoms with Gasteiger partial charge in [-0.25, -0.2) is 0 Å². The average Bonchev–Trinajstić information content (AvgIpc) is 2.98. The zero-order valence-electron chi connectivity index (χ0n) is 16.3. The molecule has 158 valence electrons. The van der Waals surface area contributed by atoms with E-state index in [1.54, 1.807) is 11.0 Å². The number of rotatable bonds is 4. The van der Waals surface area contributed by atoms with Crippen LogP contribution >= 0.6 is 0 Å². The summed E-state index contributed by atoms with van der Waals surface area (Å²) in [5, 5.41) is 2.15. The Morgan fingerprint density at radius 1 is 1.10 bits per heavy atom. The summed E-state index contributed by atoms with van der Waals surface area (Å²) in [5.74, 6) is -2.51. The van der Waals surface area contributed by atoms with E-state index in [0.717, 1.165) is 17.7 Å². The molecular weight excluding hydrogens is 392 g/mol. The van der Waals surface area contributed by atoms with Crippen molar-refractivity contribution in [3.63, 3.8) is 0 Å². The van der Waals surface area contributed by atoms with Crippen LogP contribution in [-0.4, -0.2) is 71.1 Å². The molecule has 2 saturated heterocycles. The highest BCUT2D eigenvalue weighted by atomic mass is 16.5. The standard InChI is InChI=1S/C20H22N4O6/c21-11-6-8-23(9-7-11)16(26)10-30-14-3-1-2-12-17(14)20(29)24(19(12)28)13-4-5-15(25)22-18(13)27/h1-3,11,13H,4-10,21H2,(H,22,25,27). The first-order valence-electron chi connectivity index (χ1n) is 9.87. The van der Waals surface area contributed by atoms with E-state index in [9.17, 15) is 24.0 Å². The average molecular weight is 414 g/mol. The number of piperidine rings is 2. The van der Waals surface area contributed by atoms with Crippen molar-refractivity contribution in [2.24, 2.45) is 5.73 Å². The number of ether oxygens (including phenoxy) is 1. The van der Waals surface area contributed by atoms with Crippen LogP contribution in [0.2, 0.25) is 0 Å². The Bertz CT molecular complexity index is 937. The third kappa shape index (κ3) is 3.54. The molecule has 1 atom stereocenters. The van der Waals surface area contributed by atoms with Crippen LogP contribution in [0, 0.1) is 0 Å². The lowest BCUT2D eigenvalue weighted by molar-refractivity contribution is -0.136. The van der Waals surface area contributed by atoms with Crippen molar-refractivity contribution < 1.29 is 28.7 Å². The Labute approximate surface area is 172 Å². The Morgan fingerprint density at radius 3 is 2.53 bits per heavy atom. The van der Waals surface area contributed by atoms with Crippen molar-refractivity contribution in [3.05, 3.63) is 29.3 Å². The first-order valence-corrected chi connectivity index (χ1v) is 9.87. The largest absolute Gasteiger partial charge is 0.483 e. The maximum atomic E-state index is 13.0. The SMILES string of the molecule is NC1CCN(C(=O)COc2cccc3c2C(=O)N(C2CCC(=O)NC2=O)C3=O)CC1. The van der Waals surface area contributed by atoms with Crippen molar-refractivity contribution in [2.75, 3.05) is 19.7 Å². The van der Waals surface area contributed by atoms with Gasteiger partial charge in [-0.3, -0.25) is 34.2 Å². The number of amides is 5. The van der Waals surface area contributed by atoms with Gasteiger partial charge in [0.2, 0.25) is 11.8 Å². The summed E-state index contributed by atoms with van der Waals surface area (Å²) < 4.78 is 5.61. The van der Waals surface area contributed by atoms with Gasteiger partial charge >= 0.3 is 0 Å². The molecule has 0 bridgehead atoms. The Hall–Kier alpha value is -3.27. The molecule has 0 spiro atoms. The van der Waals surface area contributed by atoms with E-state index in [-0.39, 0.29) is 48.3 Å². The number of nitrogens with two attached hydrogens (primary N) is 1.